The van der Waals surface area contributed by atoms with Gasteiger partial charge in [0.2, 0.25) is 0 Å². The van der Waals surface area contributed by atoms with E-state index in [0.717, 1.165) is 27.4 Å². The van der Waals surface area contributed by atoms with E-state index < -0.39 is 25.6 Å². The average Bonchev–Trinajstić information content (AvgIpc) is 2.94. The minimum Gasteiger partial charge on any atom is -0.426 e. The lowest BCUT2D eigenvalue weighted by Gasteiger charge is -2.25. The van der Waals surface area contributed by atoms with Crippen molar-refractivity contribution in [3.8, 4) is 16.9 Å². The zero-order chi connectivity index (χ0) is 26.7. The Balaban J connectivity index is 1.87. The molecular formula is C32H24F3O2P. The van der Waals surface area contributed by atoms with Crippen LogP contribution in [0.3, 0.4) is 0 Å². The van der Waals surface area contributed by atoms with Crippen molar-refractivity contribution in [3.05, 3.63) is 121 Å². The summed E-state index contributed by atoms with van der Waals surface area (Å²) in [5, 5.41) is 4.07. The highest BCUT2D eigenvalue weighted by molar-refractivity contribution is 7.80. The average molecular weight is 529 g/mol. The highest BCUT2D eigenvalue weighted by Crippen LogP contribution is 2.44. The third-order valence-electron chi connectivity index (χ3n) is 6.27. The van der Waals surface area contributed by atoms with E-state index in [1.807, 2.05) is 91.0 Å². The Bertz CT molecular complexity index is 1540. The molecule has 190 valence electrons. The molecule has 0 aliphatic heterocycles. The molecule has 5 aromatic rings. The summed E-state index contributed by atoms with van der Waals surface area (Å²) in [7, 11) is -1.39. The fourth-order valence-electron chi connectivity index (χ4n) is 4.49. The lowest BCUT2D eigenvalue weighted by atomic mass is 9.96. The topological polar surface area (TPSA) is 26.3 Å². The lowest BCUT2D eigenvalue weighted by Crippen LogP contribution is -2.24. The van der Waals surface area contributed by atoms with Gasteiger partial charge in [-0.3, -0.25) is 4.79 Å². The summed E-state index contributed by atoms with van der Waals surface area (Å²) < 4.78 is 47.9. The van der Waals surface area contributed by atoms with Gasteiger partial charge in [0.05, 0.1) is 5.56 Å². The second-order valence-electron chi connectivity index (χ2n) is 8.72. The quantitative estimate of drug-likeness (QED) is 0.129. The molecule has 0 heterocycles. The van der Waals surface area contributed by atoms with Gasteiger partial charge < -0.3 is 4.74 Å². The number of hydrogen-bond acceptors (Lipinski definition) is 2. The third-order valence-corrected chi connectivity index (χ3v) is 8.75. The van der Waals surface area contributed by atoms with E-state index in [-0.39, 0.29) is 6.42 Å². The molecular weight excluding hydrogens is 504 g/mol. The van der Waals surface area contributed by atoms with Crippen LogP contribution in [0.5, 0.6) is 5.75 Å². The van der Waals surface area contributed by atoms with Crippen molar-refractivity contribution in [2.75, 3.05) is 0 Å². The normalized spacial score (nSPS) is 11.6. The maximum Gasteiger partial charge on any atom is 0.416 e. The largest absolute Gasteiger partial charge is 0.426 e. The SMILES string of the molecule is CCC(=O)Oc1ccc2ccccc2c1-c1ccc(C(F)(F)F)cc1P(c1ccccc1)c1ccccc1. The Morgan fingerprint density at radius 3 is 1.97 bits per heavy atom. The van der Waals surface area contributed by atoms with E-state index in [9.17, 15) is 18.0 Å². The van der Waals surface area contributed by atoms with Crippen LogP contribution in [0.1, 0.15) is 18.9 Å². The Morgan fingerprint density at radius 1 is 0.763 bits per heavy atom. The van der Waals surface area contributed by atoms with Crippen LogP contribution in [0.25, 0.3) is 21.9 Å². The van der Waals surface area contributed by atoms with Crippen LogP contribution in [0, 0.1) is 0 Å². The van der Waals surface area contributed by atoms with E-state index in [4.69, 9.17) is 4.74 Å². The Hall–Kier alpha value is -3.95. The molecule has 0 unspecified atom stereocenters. The molecule has 5 aromatic carbocycles. The van der Waals surface area contributed by atoms with Gasteiger partial charge in [-0.1, -0.05) is 104 Å². The first-order chi connectivity index (χ1) is 18.4. The summed E-state index contributed by atoms with van der Waals surface area (Å²) in [5.74, 6) is -0.0870. The smallest absolute Gasteiger partial charge is 0.416 e. The Kier molecular flexibility index (Phi) is 7.31. The van der Waals surface area contributed by atoms with Crippen LogP contribution >= 0.6 is 7.92 Å². The summed E-state index contributed by atoms with van der Waals surface area (Å²) >= 11 is 0. The predicted molar refractivity (Wildman–Crippen MR) is 149 cm³/mol. The molecule has 38 heavy (non-hydrogen) atoms. The van der Waals surface area contributed by atoms with Gasteiger partial charge in [-0.15, -0.1) is 0 Å². The standard InChI is InChI=1S/C32H24F3O2P/c1-2-30(36)37-28-20-17-22-11-9-10-16-26(22)31(28)27-19-18-23(32(33,34)35)21-29(27)38(24-12-5-3-6-13-24)25-14-7-4-8-15-25/h3-21H,2H2,1H3. The van der Waals surface area contributed by atoms with E-state index in [1.54, 1.807) is 13.0 Å². The molecule has 0 fully saturated rings. The number of alkyl halides is 3. The number of carbonyl (C=O) groups is 1. The van der Waals surface area contributed by atoms with E-state index in [2.05, 4.69) is 0 Å². The zero-order valence-electron chi connectivity index (χ0n) is 20.6. The summed E-state index contributed by atoms with van der Waals surface area (Å²) in [6.07, 6.45) is -4.34. The number of hydrogen-bond donors (Lipinski definition) is 0. The highest BCUT2D eigenvalue weighted by Gasteiger charge is 2.33. The number of esters is 1. The zero-order valence-corrected chi connectivity index (χ0v) is 21.5. The van der Waals surface area contributed by atoms with Gasteiger partial charge in [-0.2, -0.15) is 13.2 Å². The van der Waals surface area contributed by atoms with Crippen molar-refractivity contribution in [2.24, 2.45) is 0 Å². The highest BCUT2D eigenvalue weighted by atomic mass is 31.1. The second kappa shape index (κ2) is 10.8. The molecule has 2 nitrogen and oxygen atoms in total. The van der Waals surface area contributed by atoms with E-state index in [0.29, 0.717) is 22.2 Å². The molecule has 5 rings (SSSR count). The van der Waals surface area contributed by atoms with Crippen molar-refractivity contribution in [3.63, 3.8) is 0 Å². The lowest BCUT2D eigenvalue weighted by molar-refractivity contribution is -0.137. The summed E-state index contributed by atoms with van der Waals surface area (Å²) in [4.78, 5) is 12.4. The summed E-state index contributed by atoms with van der Waals surface area (Å²) in [6.45, 7) is 1.71. The van der Waals surface area contributed by atoms with Crippen LogP contribution in [-0.2, 0) is 11.0 Å². The monoisotopic (exact) mass is 528 g/mol. The first-order valence-electron chi connectivity index (χ1n) is 12.2. The van der Waals surface area contributed by atoms with Crippen molar-refractivity contribution >= 4 is 40.6 Å². The number of rotatable bonds is 6. The minimum atomic E-state index is -4.52. The van der Waals surface area contributed by atoms with Gasteiger partial charge >= 0.3 is 12.1 Å². The van der Waals surface area contributed by atoms with Gasteiger partial charge in [0, 0.05) is 12.0 Å². The third kappa shape index (κ3) is 5.20. The Labute approximate surface area is 220 Å². The molecule has 0 saturated carbocycles. The van der Waals surface area contributed by atoms with Crippen LogP contribution < -0.4 is 20.7 Å². The van der Waals surface area contributed by atoms with E-state index in [1.165, 1.54) is 12.1 Å². The summed E-state index contributed by atoms with van der Waals surface area (Å²) in [6, 6.07) is 34.2. The number of fused-ring (bicyclic) bond motifs is 1. The molecule has 0 N–H and O–H groups in total. The molecule has 6 heteroatoms. The Morgan fingerprint density at radius 2 is 1.37 bits per heavy atom. The van der Waals surface area contributed by atoms with Crippen LogP contribution in [0.2, 0.25) is 0 Å². The van der Waals surface area contributed by atoms with Crippen molar-refractivity contribution in [2.45, 2.75) is 19.5 Å². The number of halogens is 3. The molecule has 0 amide bonds. The fourth-order valence-corrected chi connectivity index (χ4v) is 6.99. The van der Waals surface area contributed by atoms with Crippen molar-refractivity contribution in [1.82, 2.24) is 0 Å². The molecule has 0 saturated heterocycles. The molecule has 0 aliphatic carbocycles. The van der Waals surface area contributed by atoms with Gasteiger partial charge in [-0.05, 0) is 58.4 Å². The maximum absolute atomic E-state index is 14.1. The van der Waals surface area contributed by atoms with Gasteiger partial charge in [0.1, 0.15) is 5.75 Å². The van der Waals surface area contributed by atoms with Gasteiger partial charge in [-0.25, -0.2) is 0 Å². The summed E-state index contributed by atoms with van der Waals surface area (Å²) in [5.41, 5.74) is 0.489. The first kappa shape index (κ1) is 25.7. The first-order valence-corrected chi connectivity index (χ1v) is 13.5. The fraction of sp³-hybridized carbons (Fsp3) is 0.0938. The molecule has 0 bridgehead atoms. The van der Waals surface area contributed by atoms with Crippen LogP contribution in [-0.4, -0.2) is 5.97 Å². The molecule has 0 aliphatic rings. The van der Waals surface area contributed by atoms with Gasteiger partial charge in [0.25, 0.3) is 0 Å². The number of benzene rings is 5. The van der Waals surface area contributed by atoms with Crippen LogP contribution in [0.15, 0.2) is 115 Å². The molecule has 0 aromatic heterocycles. The number of ether oxygens (including phenoxy) is 1. The molecule has 0 atom stereocenters. The molecule has 0 radical (unpaired) electrons. The second-order valence-corrected chi connectivity index (χ2v) is 10.9. The van der Waals surface area contributed by atoms with E-state index >= 15 is 0 Å². The predicted octanol–water partition coefficient (Wildman–Crippen LogP) is 7.60. The van der Waals surface area contributed by atoms with Crippen LogP contribution in [0.4, 0.5) is 13.2 Å². The minimum absolute atomic E-state index is 0.173. The van der Waals surface area contributed by atoms with Crippen molar-refractivity contribution in [1.29, 1.82) is 0 Å². The maximum atomic E-state index is 14.1. The number of carbonyl (C=O) groups excluding carboxylic acids is 1. The molecule has 0 spiro atoms. The van der Waals surface area contributed by atoms with Gasteiger partial charge in [0.15, 0.2) is 0 Å². The van der Waals surface area contributed by atoms with Crippen molar-refractivity contribution < 1.29 is 22.7 Å².